The molecule has 4 N–H and O–H groups in total. The van der Waals surface area contributed by atoms with Crippen molar-refractivity contribution in [2.24, 2.45) is 11.8 Å². The molecule has 0 bridgehead atoms. The summed E-state index contributed by atoms with van der Waals surface area (Å²) < 4.78 is 18.6. The molecule has 7 heteroatoms. The van der Waals surface area contributed by atoms with E-state index in [0.717, 1.165) is 83.9 Å². The van der Waals surface area contributed by atoms with Crippen LogP contribution in [0.15, 0.2) is 36.4 Å². The molecule has 0 radical (unpaired) electrons. The number of hydrogen-bond donors (Lipinski definition) is 4. The third-order valence-electron chi connectivity index (χ3n) is 9.15. The van der Waals surface area contributed by atoms with Gasteiger partial charge < -0.3 is 34.6 Å². The lowest BCUT2D eigenvalue weighted by atomic mass is 9.79. The second-order valence-corrected chi connectivity index (χ2v) is 12.6. The molecule has 7 nitrogen and oxygen atoms in total. The second kappa shape index (κ2) is 11.7. The number of phenolic OH excluding ortho intramolecular Hbond substituents is 2. The Morgan fingerprint density at radius 3 is 2.57 bits per heavy atom. The highest BCUT2D eigenvalue weighted by atomic mass is 16.5. The number of benzene rings is 3. The molecule has 1 heterocycles. The molecular weight excluding hydrogens is 532 g/mol. The average Bonchev–Trinajstić information content (AvgIpc) is 2.98. The predicted octanol–water partition coefficient (Wildman–Crippen LogP) is 6.04. The Balaban J connectivity index is 1.32. The molecule has 0 saturated heterocycles. The molecule has 6 rings (SSSR count). The normalized spacial score (nSPS) is 23.0. The number of aromatic hydroxyl groups is 2. The minimum Gasteiger partial charge on any atom is -0.508 e. The van der Waals surface area contributed by atoms with Gasteiger partial charge in [0.2, 0.25) is 0 Å². The largest absolute Gasteiger partial charge is 0.508 e. The number of aliphatic hydroxyl groups is 2. The maximum Gasteiger partial charge on any atom is 0.161 e. The van der Waals surface area contributed by atoms with Crippen molar-refractivity contribution in [1.82, 2.24) is 0 Å². The lowest BCUT2D eigenvalue weighted by molar-refractivity contribution is 0.0200. The monoisotopic (exact) mass is 574 g/mol. The summed E-state index contributed by atoms with van der Waals surface area (Å²) >= 11 is 0. The molecule has 1 aliphatic heterocycles. The summed E-state index contributed by atoms with van der Waals surface area (Å²) in [6.07, 6.45) is 4.86. The molecule has 3 aromatic carbocycles. The highest BCUT2D eigenvalue weighted by Crippen LogP contribution is 2.50. The van der Waals surface area contributed by atoms with Gasteiger partial charge in [-0.25, -0.2) is 0 Å². The number of aryl methyl sites for hydroxylation is 1. The molecule has 2 aliphatic carbocycles. The molecular formula is C35H42O7. The van der Waals surface area contributed by atoms with Crippen molar-refractivity contribution < 1.29 is 34.6 Å². The van der Waals surface area contributed by atoms with Crippen molar-refractivity contribution in [3.8, 4) is 39.9 Å². The standard InChI is InChI=1S/C35H42O7/c1-19(2)11-23-13-26-21(14-29(23)38)7-9-25-27-16-30(39)35(42-31(27)17-33(40-3)34(25)26)22-8-10-28(37)32(15-22)41-24-6-4-5-20(12-24)18-36/h8,10,13-15,17,19-20,24,30,35-39H,4-7,9,11-12,16,18H2,1-3H3/t20-,24+,30-,35+/m1/s1. The lowest BCUT2D eigenvalue weighted by Gasteiger charge is -2.35. The molecule has 42 heavy (non-hydrogen) atoms. The van der Waals surface area contributed by atoms with Gasteiger partial charge in [0, 0.05) is 30.2 Å². The molecule has 1 fully saturated rings. The van der Waals surface area contributed by atoms with Crippen molar-refractivity contribution in [3.05, 3.63) is 64.2 Å². The number of methoxy groups -OCH3 is 1. The van der Waals surface area contributed by atoms with E-state index in [9.17, 15) is 20.4 Å². The molecule has 224 valence electrons. The number of hydrogen-bond acceptors (Lipinski definition) is 7. The van der Waals surface area contributed by atoms with Crippen LogP contribution >= 0.6 is 0 Å². The topological polar surface area (TPSA) is 109 Å². The van der Waals surface area contributed by atoms with Crippen molar-refractivity contribution >= 4 is 0 Å². The van der Waals surface area contributed by atoms with Crippen LogP contribution in [0.3, 0.4) is 0 Å². The Hall–Kier alpha value is -3.42. The molecule has 3 aromatic rings. The first kappa shape index (κ1) is 28.7. The van der Waals surface area contributed by atoms with Crippen LogP contribution in [0.25, 0.3) is 11.1 Å². The third-order valence-corrected chi connectivity index (χ3v) is 9.15. The molecule has 0 unspecified atom stereocenters. The molecule has 0 spiro atoms. The number of rotatable bonds is 7. The Labute approximate surface area is 247 Å². The SMILES string of the molecule is COc1cc2c(c3c1-c1cc(CC(C)C)c(O)cc1CC3)C[C@@H](O)[C@H](c1ccc(O)c(O[C@H]3CCC[C@@H](CO)C3)c1)O2. The van der Waals surface area contributed by atoms with Crippen LogP contribution < -0.4 is 14.2 Å². The Kier molecular flexibility index (Phi) is 7.99. The van der Waals surface area contributed by atoms with Crippen LogP contribution in [0.4, 0.5) is 0 Å². The van der Waals surface area contributed by atoms with Gasteiger partial charge >= 0.3 is 0 Å². The van der Waals surface area contributed by atoms with E-state index in [1.54, 1.807) is 25.3 Å². The van der Waals surface area contributed by atoms with Crippen LogP contribution in [-0.4, -0.2) is 46.4 Å². The first-order valence-corrected chi connectivity index (χ1v) is 15.3. The highest BCUT2D eigenvalue weighted by molar-refractivity contribution is 5.82. The maximum absolute atomic E-state index is 11.4. The third kappa shape index (κ3) is 5.40. The van der Waals surface area contributed by atoms with Crippen molar-refractivity contribution in [3.63, 3.8) is 0 Å². The van der Waals surface area contributed by atoms with Crippen molar-refractivity contribution in [2.45, 2.75) is 83.5 Å². The molecule has 1 saturated carbocycles. The van der Waals surface area contributed by atoms with Gasteiger partial charge in [0.15, 0.2) is 11.5 Å². The lowest BCUT2D eigenvalue weighted by Crippen LogP contribution is -2.31. The highest BCUT2D eigenvalue weighted by Gasteiger charge is 2.36. The van der Waals surface area contributed by atoms with E-state index in [0.29, 0.717) is 35.3 Å². The van der Waals surface area contributed by atoms with E-state index in [-0.39, 0.29) is 24.4 Å². The van der Waals surface area contributed by atoms with E-state index < -0.39 is 12.2 Å². The zero-order valence-electron chi connectivity index (χ0n) is 24.7. The van der Waals surface area contributed by atoms with Crippen molar-refractivity contribution in [2.75, 3.05) is 13.7 Å². The Morgan fingerprint density at radius 1 is 0.976 bits per heavy atom. The quantitative estimate of drug-likeness (QED) is 0.273. The number of ether oxygens (including phenoxy) is 3. The van der Waals surface area contributed by atoms with E-state index >= 15 is 0 Å². The van der Waals surface area contributed by atoms with Crippen LogP contribution in [0, 0.1) is 11.8 Å². The fourth-order valence-electron chi connectivity index (χ4n) is 7.08. The molecule has 3 aliphatic rings. The van der Waals surface area contributed by atoms with E-state index in [1.165, 1.54) is 0 Å². The summed E-state index contributed by atoms with van der Waals surface area (Å²) in [4.78, 5) is 0. The minimum atomic E-state index is -0.793. The number of aliphatic hydroxyl groups excluding tert-OH is 2. The smallest absolute Gasteiger partial charge is 0.161 e. The summed E-state index contributed by atoms with van der Waals surface area (Å²) in [6, 6.07) is 11.1. The maximum atomic E-state index is 11.4. The summed E-state index contributed by atoms with van der Waals surface area (Å²) in [5.41, 5.74) is 6.97. The van der Waals surface area contributed by atoms with Crippen LogP contribution in [0.1, 0.15) is 73.5 Å². The van der Waals surface area contributed by atoms with Gasteiger partial charge in [-0.05, 0) is 109 Å². The number of phenols is 2. The average molecular weight is 575 g/mol. The summed E-state index contributed by atoms with van der Waals surface area (Å²) in [5, 5.41) is 42.3. The van der Waals surface area contributed by atoms with Gasteiger partial charge in [0.1, 0.15) is 23.4 Å². The summed E-state index contributed by atoms with van der Waals surface area (Å²) in [7, 11) is 1.66. The summed E-state index contributed by atoms with van der Waals surface area (Å²) in [5.74, 6) is 2.80. The first-order chi connectivity index (χ1) is 20.2. The van der Waals surface area contributed by atoms with E-state index in [2.05, 4.69) is 19.9 Å². The van der Waals surface area contributed by atoms with Gasteiger partial charge in [-0.15, -0.1) is 0 Å². The van der Waals surface area contributed by atoms with Crippen LogP contribution in [-0.2, 0) is 25.7 Å². The van der Waals surface area contributed by atoms with Gasteiger partial charge in [0.25, 0.3) is 0 Å². The predicted molar refractivity (Wildman–Crippen MR) is 161 cm³/mol. The van der Waals surface area contributed by atoms with Crippen molar-refractivity contribution in [1.29, 1.82) is 0 Å². The van der Waals surface area contributed by atoms with Gasteiger partial charge in [-0.3, -0.25) is 0 Å². The van der Waals surface area contributed by atoms with Crippen LogP contribution in [0.2, 0.25) is 0 Å². The van der Waals surface area contributed by atoms with Gasteiger partial charge in [-0.2, -0.15) is 0 Å². The number of fused-ring (bicyclic) bond motifs is 5. The molecule has 0 aromatic heterocycles. The Bertz CT molecular complexity index is 1460. The van der Waals surface area contributed by atoms with E-state index in [1.807, 2.05) is 12.1 Å². The molecule has 0 amide bonds. The van der Waals surface area contributed by atoms with E-state index in [4.69, 9.17) is 14.2 Å². The fourth-order valence-corrected chi connectivity index (χ4v) is 7.08. The fraction of sp³-hybridized carbons (Fsp3) is 0.486. The second-order valence-electron chi connectivity index (χ2n) is 12.6. The summed E-state index contributed by atoms with van der Waals surface area (Å²) in [6.45, 7) is 4.43. The zero-order chi connectivity index (χ0) is 29.5. The molecule has 4 atom stereocenters. The van der Waals surface area contributed by atoms with Crippen LogP contribution in [0.5, 0.6) is 28.7 Å². The minimum absolute atomic E-state index is 0.0489. The first-order valence-electron chi connectivity index (χ1n) is 15.3. The van der Waals surface area contributed by atoms with Gasteiger partial charge in [0.05, 0.1) is 19.3 Å². The zero-order valence-corrected chi connectivity index (χ0v) is 24.7. The van der Waals surface area contributed by atoms with Gasteiger partial charge in [-0.1, -0.05) is 19.9 Å². The Morgan fingerprint density at radius 2 is 1.81 bits per heavy atom.